The maximum Gasteiger partial charge on any atom is 0.152 e. The highest BCUT2D eigenvalue weighted by Crippen LogP contribution is 2.32. The molecule has 0 spiro atoms. The molecule has 1 aromatic rings. The Balaban J connectivity index is 2.23. The summed E-state index contributed by atoms with van der Waals surface area (Å²) in [6.07, 6.45) is 1.65. The SMILES string of the molecule is CNc1c(F)cc([C@@H](O)C2CCN(C)CC2)cc1C=O. The lowest BCUT2D eigenvalue weighted by Gasteiger charge is -2.32. The fourth-order valence-electron chi connectivity index (χ4n) is 2.79. The Morgan fingerprint density at radius 1 is 1.45 bits per heavy atom. The van der Waals surface area contributed by atoms with Crippen LogP contribution in [0.15, 0.2) is 12.1 Å². The van der Waals surface area contributed by atoms with Crippen molar-refractivity contribution >= 4 is 12.0 Å². The van der Waals surface area contributed by atoms with E-state index in [-0.39, 0.29) is 17.2 Å². The van der Waals surface area contributed by atoms with Crippen molar-refractivity contribution in [3.05, 3.63) is 29.1 Å². The number of aliphatic hydroxyl groups excluding tert-OH is 1. The van der Waals surface area contributed by atoms with Crippen molar-refractivity contribution in [1.29, 1.82) is 0 Å². The number of benzene rings is 1. The van der Waals surface area contributed by atoms with E-state index in [1.165, 1.54) is 6.07 Å². The van der Waals surface area contributed by atoms with Crippen LogP contribution in [0.1, 0.15) is 34.9 Å². The first-order chi connectivity index (χ1) is 9.56. The Bertz CT molecular complexity index is 485. The number of hydrogen-bond acceptors (Lipinski definition) is 4. The van der Waals surface area contributed by atoms with Crippen LogP contribution in [0.2, 0.25) is 0 Å². The maximum absolute atomic E-state index is 13.9. The second-order valence-electron chi connectivity index (χ2n) is 5.42. The minimum atomic E-state index is -0.720. The fraction of sp³-hybridized carbons (Fsp3) is 0.533. The van der Waals surface area contributed by atoms with Crippen LogP contribution in [0.4, 0.5) is 10.1 Å². The van der Waals surface area contributed by atoms with Gasteiger partial charge in [0.1, 0.15) is 5.82 Å². The average Bonchev–Trinajstić information content (AvgIpc) is 2.46. The predicted molar refractivity (Wildman–Crippen MR) is 76.5 cm³/mol. The van der Waals surface area contributed by atoms with Gasteiger partial charge in [0.05, 0.1) is 11.8 Å². The van der Waals surface area contributed by atoms with Crippen molar-refractivity contribution in [2.45, 2.75) is 18.9 Å². The van der Waals surface area contributed by atoms with Gasteiger partial charge in [0.15, 0.2) is 6.29 Å². The zero-order valence-electron chi connectivity index (χ0n) is 11.9. The van der Waals surface area contributed by atoms with E-state index in [1.54, 1.807) is 13.1 Å². The summed E-state index contributed by atoms with van der Waals surface area (Å²) >= 11 is 0. The summed E-state index contributed by atoms with van der Waals surface area (Å²) in [5.74, 6) is -0.385. The van der Waals surface area contributed by atoms with Crippen molar-refractivity contribution in [3.8, 4) is 0 Å². The molecule has 1 aliphatic rings. The molecule has 1 saturated heterocycles. The van der Waals surface area contributed by atoms with E-state index in [1.807, 2.05) is 0 Å². The monoisotopic (exact) mass is 280 g/mol. The van der Waals surface area contributed by atoms with E-state index in [0.29, 0.717) is 11.8 Å². The number of aliphatic hydroxyl groups is 1. The average molecular weight is 280 g/mol. The van der Waals surface area contributed by atoms with Crippen LogP contribution in [0.25, 0.3) is 0 Å². The minimum Gasteiger partial charge on any atom is -0.388 e. The van der Waals surface area contributed by atoms with Gasteiger partial charge in [-0.3, -0.25) is 4.79 Å². The van der Waals surface area contributed by atoms with Gasteiger partial charge >= 0.3 is 0 Å². The summed E-state index contributed by atoms with van der Waals surface area (Å²) in [5, 5.41) is 13.1. The van der Waals surface area contributed by atoms with Gasteiger partial charge in [0, 0.05) is 12.6 Å². The molecule has 0 unspecified atom stereocenters. The molecular formula is C15H21FN2O2. The summed E-state index contributed by atoms with van der Waals surface area (Å²) in [5.41, 5.74) is 0.909. The van der Waals surface area contributed by atoms with Crippen molar-refractivity contribution in [3.63, 3.8) is 0 Å². The number of anilines is 1. The first-order valence-corrected chi connectivity index (χ1v) is 6.89. The summed E-state index contributed by atoms with van der Waals surface area (Å²) in [4.78, 5) is 13.3. The molecule has 1 aliphatic heterocycles. The van der Waals surface area contributed by atoms with Crippen LogP contribution in [0.5, 0.6) is 0 Å². The van der Waals surface area contributed by atoms with Gasteiger partial charge in [-0.05, 0) is 56.6 Å². The lowest BCUT2D eigenvalue weighted by Crippen LogP contribution is -2.32. The highest BCUT2D eigenvalue weighted by molar-refractivity contribution is 5.84. The van der Waals surface area contributed by atoms with Crippen LogP contribution in [0.3, 0.4) is 0 Å². The fourth-order valence-corrected chi connectivity index (χ4v) is 2.79. The topological polar surface area (TPSA) is 52.6 Å². The van der Waals surface area contributed by atoms with Crippen LogP contribution < -0.4 is 5.32 Å². The molecule has 2 rings (SSSR count). The second-order valence-corrected chi connectivity index (χ2v) is 5.42. The Morgan fingerprint density at radius 3 is 2.65 bits per heavy atom. The molecule has 1 fully saturated rings. The van der Waals surface area contributed by atoms with Crippen molar-refractivity contribution in [2.75, 3.05) is 32.5 Å². The Kier molecular flexibility index (Phi) is 4.73. The summed E-state index contributed by atoms with van der Waals surface area (Å²) in [6, 6.07) is 2.90. The molecule has 0 saturated carbocycles. The number of halogens is 1. The van der Waals surface area contributed by atoms with E-state index in [0.717, 1.165) is 25.9 Å². The highest BCUT2D eigenvalue weighted by Gasteiger charge is 2.26. The predicted octanol–water partition coefficient (Wildman–Crippen LogP) is 2.06. The van der Waals surface area contributed by atoms with E-state index in [4.69, 9.17) is 0 Å². The molecular weight excluding hydrogens is 259 g/mol. The third-order valence-corrected chi connectivity index (χ3v) is 4.07. The zero-order valence-corrected chi connectivity index (χ0v) is 11.9. The number of rotatable bonds is 4. The lowest BCUT2D eigenvalue weighted by atomic mass is 9.87. The van der Waals surface area contributed by atoms with Crippen LogP contribution in [0, 0.1) is 11.7 Å². The summed E-state index contributed by atoms with van der Waals surface area (Å²) in [7, 11) is 3.62. The number of aldehydes is 1. The quantitative estimate of drug-likeness (QED) is 0.829. The molecule has 1 aromatic carbocycles. The second kappa shape index (κ2) is 6.33. The number of nitrogens with one attached hydrogen (secondary N) is 1. The molecule has 2 N–H and O–H groups in total. The largest absolute Gasteiger partial charge is 0.388 e. The van der Waals surface area contributed by atoms with Crippen molar-refractivity contribution < 1.29 is 14.3 Å². The molecule has 0 radical (unpaired) electrons. The number of carbonyl (C=O) groups is 1. The molecule has 1 atom stereocenters. The van der Waals surface area contributed by atoms with E-state index >= 15 is 0 Å². The number of hydrogen-bond donors (Lipinski definition) is 2. The standard InChI is InChI=1S/C15H21FN2O2/c1-17-14-12(9-19)7-11(8-13(14)16)15(20)10-3-5-18(2)6-4-10/h7-10,15,17,20H,3-6H2,1-2H3/t15-/m0/s1. The van der Waals surface area contributed by atoms with Gasteiger partial charge in [-0.2, -0.15) is 0 Å². The minimum absolute atomic E-state index is 0.116. The Morgan fingerprint density at radius 2 is 2.10 bits per heavy atom. The highest BCUT2D eigenvalue weighted by atomic mass is 19.1. The molecule has 0 amide bonds. The molecule has 0 aliphatic carbocycles. The molecule has 0 bridgehead atoms. The molecule has 20 heavy (non-hydrogen) atoms. The molecule has 1 heterocycles. The first-order valence-electron chi connectivity index (χ1n) is 6.89. The number of carbonyl (C=O) groups excluding carboxylic acids is 1. The summed E-state index contributed by atoms with van der Waals surface area (Å²) in [6.45, 7) is 1.86. The summed E-state index contributed by atoms with van der Waals surface area (Å²) < 4.78 is 13.9. The molecule has 110 valence electrons. The normalized spacial score (nSPS) is 18.8. The van der Waals surface area contributed by atoms with Gasteiger partial charge in [-0.1, -0.05) is 0 Å². The van der Waals surface area contributed by atoms with Gasteiger partial charge in [0.2, 0.25) is 0 Å². The van der Waals surface area contributed by atoms with Gasteiger partial charge < -0.3 is 15.3 Å². The Labute approximate surface area is 118 Å². The van der Waals surface area contributed by atoms with E-state index in [9.17, 15) is 14.3 Å². The number of likely N-dealkylation sites (tertiary alicyclic amines) is 1. The van der Waals surface area contributed by atoms with Gasteiger partial charge in [-0.15, -0.1) is 0 Å². The first kappa shape index (κ1) is 14.9. The zero-order chi connectivity index (χ0) is 14.7. The molecule has 5 heteroatoms. The van der Waals surface area contributed by atoms with E-state index < -0.39 is 11.9 Å². The van der Waals surface area contributed by atoms with Crippen LogP contribution in [-0.4, -0.2) is 43.5 Å². The Hall–Kier alpha value is -1.46. The smallest absolute Gasteiger partial charge is 0.152 e. The van der Waals surface area contributed by atoms with Crippen molar-refractivity contribution in [1.82, 2.24) is 4.90 Å². The van der Waals surface area contributed by atoms with Crippen molar-refractivity contribution in [2.24, 2.45) is 5.92 Å². The third kappa shape index (κ3) is 2.99. The lowest BCUT2D eigenvalue weighted by molar-refractivity contribution is 0.0655. The van der Waals surface area contributed by atoms with Gasteiger partial charge in [0.25, 0.3) is 0 Å². The van der Waals surface area contributed by atoms with Crippen LogP contribution >= 0.6 is 0 Å². The van der Waals surface area contributed by atoms with Gasteiger partial charge in [-0.25, -0.2) is 4.39 Å². The number of nitrogens with zero attached hydrogens (tertiary/aromatic N) is 1. The van der Waals surface area contributed by atoms with E-state index in [2.05, 4.69) is 17.3 Å². The molecule has 4 nitrogen and oxygen atoms in total. The number of piperidine rings is 1. The molecule has 0 aromatic heterocycles. The van der Waals surface area contributed by atoms with Crippen LogP contribution in [-0.2, 0) is 0 Å². The maximum atomic E-state index is 13.9. The third-order valence-electron chi connectivity index (χ3n) is 4.07.